The zero-order valence-electron chi connectivity index (χ0n) is 17.4. The van der Waals surface area contributed by atoms with Gasteiger partial charge >= 0.3 is 0 Å². The zero-order valence-corrected chi connectivity index (χ0v) is 18.2. The lowest BCUT2D eigenvalue weighted by molar-refractivity contribution is 0.415. The summed E-state index contributed by atoms with van der Waals surface area (Å²) < 4.78 is 10.8. The average Bonchev–Trinajstić information content (AvgIpc) is 3.16. The number of methoxy groups -OCH3 is 1. The predicted molar refractivity (Wildman–Crippen MR) is 123 cm³/mol. The van der Waals surface area contributed by atoms with E-state index in [0.29, 0.717) is 0 Å². The van der Waals surface area contributed by atoms with Gasteiger partial charge in [0, 0.05) is 17.0 Å². The van der Waals surface area contributed by atoms with E-state index in [1.54, 1.807) is 13.4 Å². The second-order valence-electron chi connectivity index (χ2n) is 7.08. The molecule has 0 unspecified atom stereocenters. The van der Waals surface area contributed by atoms with Gasteiger partial charge < -0.3 is 14.0 Å². The normalized spacial score (nSPS) is 11.0. The van der Waals surface area contributed by atoms with Crippen LogP contribution in [0.25, 0.3) is 22.6 Å². The number of hydrogen-bond donors (Lipinski definition) is 1. The van der Waals surface area contributed by atoms with Crippen molar-refractivity contribution in [3.63, 3.8) is 0 Å². The van der Waals surface area contributed by atoms with Gasteiger partial charge in [-0.15, -0.1) is 0 Å². The number of rotatable bonds is 8. The van der Waals surface area contributed by atoms with Crippen LogP contribution in [0.1, 0.15) is 25.3 Å². The lowest BCUT2D eigenvalue weighted by Crippen LogP contribution is -2.02. The van der Waals surface area contributed by atoms with E-state index in [-0.39, 0.29) is 0 Å². The number of anilines is 1. The molecule has 0 spiro atoms. The molecule has 0 radical (unpaired) electrons. The van der Waals surface area contributed by atoms with Crippen molar-refractivity contribution in [2.75, 3.05) is 11.8 Å². The Morgan fingerprint density at radius 3 is 2.50 bits per heavy atom. The Balaban J connectivity index is 1.71. The number of benzene rings is 2. The van der Waals surface area contributed by atoms with Crippen molar-refractivity contribution in [3.8, 4) is 17.1 Å². The molecule has 0 aliphatic rings. The number of aryl methyl sites for hydroxylation is 2. The van der Waals surface area contributed by atoms with Gasteiger partial charge in [0.2, 0.25) is 0 Å². The van der Waals surface area contributed by atoms with Crippen LogP contribution in [-0.4, -0.2) is 26.6 Å². The van der Waals surface area contributed by atoms with Gasteiger partial charge in [-0.25, -0.2) is 15.0 Å². The minimum Gasteiger partial charge on any atom is -0.497 e. The molecule has 1 N–H and O–H groups in total. The van der Waals surface area contributed by atoms with Crippen LogP contribution in [0.3, 0.4) is 0 Å². The smallest absolute Gasteiger partial charge is 0.167 e. The van der Waals surface area contributed by atoms with Crippen molar-refractivity contribution in [1.82, 2.24) is 19.5 Å². The number of unbranched alkanes of at least 4 members (excludes halogenated alkanes) is 1. The van der Waals surface area contributed by atoms with Crippen molar-refractivity contribution >= 4 is 28.9 Å². The summed E-state index contributed by atoms with van der Waals surface area (Å²) in [5.74, 6) is 2.44. The largest absolute Gasteiger partial charge is 0.497 e. The van der Waals surface area contributed by atoms with Gasteiger partial charge in [0.25, 0.3) is 0 Å². The summed E-state index contributed by atoms with van der Waals surface area (Å²) in [4.78, 5) is 15.1. The first-order chi connectivity index (χ1) is 14.7. The van der Waals surface area contributed by atoms with E-state index in [4.69, 9.17) is 9.72 Å². The molecule has 0 saturated carbocycles. The Bertz CT molecular complexity index is 1120. The predicted octanol–water partition coefficient (Wildman–Crippen LogP) is 5.73. The van der Waals surface area contributed by atoms with E-state index in [1.807, 2.05) is 24.3 Å². The highest BCUT2D eigenvalue weighted by molar-refractivity contribution is 8.00. The second-order valence-corrected chi connectivity index (χ2v) is 7.96. The molecular weight excluding hydrogens is 394 g/mol. The standard InChI is InChI=1S/C23H25N5OS/c1-4-5-14-28-22(17-8-10-18(29-3)11-9-17)26-20-21(24-15-25-23(20)28)27-30-19-12-6-16(2)7-13-19/h6-13,15H,4-5,14H2,1-3H3,(H,24,25,27). The van der Waals surface area contributed by atoms with Gasteiger partial charge in [0.1, 0.15) is 17.9 Å². The van der Waals surface area contributed by atoms with Crippen LogP contribution in [0.5, 0.6) is 5.75 Å². The van der Waals surface area contributed by atoms with Crippen LogP contribution in [0.15, 0.2) is 59.8 Å². The van der Waals surface area contributed by atoms with Gasteiger partial charge in [0.05, 0.1) is 7.11 Å². The van der Waals surface area contributed by atoms with E-state index in [9.17, 15) is 0 Å². The van der Waals surface area contributed by atoms with Gasteiger partial charge in [0.15, 0.2) is 17.0 Å². The molecule has 6 nitrogen and oxygen atoms in total. The number of aromatic nitrogens is 4. The van der Waals surface area contributed by atoms with Crippen molar-refractivity contribution in [3.05, 3.63) is 60.4 Å². The van der Waals surface area contributed by atoms with E-state index in [2.05, 4.69) is 57.4 Å². The fourth-order valence-electron chi connectivity index (χ4n) is 3.21. The fraction of sp³-hybridized carbons (Fsp3) is 0.261. The van der Waals surface area contributed by atoms with Crippen LogP contribution in [0.4, 0.5) is 5.82 Å². The second kappa shape index (κ2) is 9.17. The number of fused-ring (bicyclic) bond motifs is 1. The molecule has 154 valence electrons. The van der Waals surface area contributed by atoms with E-state index in [0.717, 1.165) is 58.4 Å². The molecule has 4 rings (SSSR count). The maximum absolute atomic E-state index is 5.30. The van der Waals surface area contributed by atoms with Gasteiger partial charge in [-0.2, -0.15) is 0 Å². The molecule has 2 aromatic heterocycles. The summed E-state index contributed by atoms with van der Waals surface area (Å²) in [5, 5.41) is 0. The van der Waals surface area contributed by atoms with Crippen molar-refractivity contribution in [2.24, 2.45) is 0 Å². The summed E-state index contributed by atoms with van der Waals surface area (Å²) in [5.41, 5.74) is 3.89. The summed E-state index contributed by atoms with van der Waals surface area (Å²) in [7, 11) is 1.67. The number of ether oxygens (including phenoxy) is 1. The fourth-order valence-corrected chi connectivity index (χ4v) is 3.85. The minimum absolute atomic E-state index is 0.718. The van der Waals surface area contributed by atoms with Crippen molar-refractivity contribution < 1.29 is 4.74 Å². The summed E-state index contributed by atoms with van der Waals surface area (Å²) in [6.45, 7) is 5.13. The summed E-state index contributed by atoms with van der Waals surface area (Å²) in [6.07, 6.45) is 3.75. The van der Waals surface area contributed by atoms with Gasteiger partial charge in [-0.05, 0) is 61.7 Å². The van der Waals surface area contributed by atoms with Crippen molar-refractivity contribution in [1.29, 1.82) is 0 Å². The van der Waals surface area contributed by atoms with Gasteiger partial charge in [-0.3, -0.25) is 0 Å². The molecule has 0 fully saturated rings. The molecule has 4 aromatic rings. The number of imidazole rings is 1. The molecule has 0 bridgehead atoms. The quantitative estimate of drug-likeness (QED) is 0.368. The summed E-state index contributed by atoms with van der Waals surface area (Å²) in [6, 6.07) is 16.4. The topological polar surface area (TPSA) is 64.9 Å². The molecule has 2 aromatic carbocycles. The number of hydrogen-bond acceptors (Lipinski definition) is 6. The maximum atomic E-state index is 5.30. The van der Waals surface area contributed by atoms with Crippen LogP contribution in [0, 0.1) is 6.92 Å². The molecule has 0 aliphatic heterocycles. The molecule has 2 heterocycles. The Morgan fingerprint density at radius 1 is 1.03 bits per heavy atom. The number of nitrogens with one attached hydrogen (secondary N) is 1. The molecule has 0 saturated heterocycles. The highest BCUT2D eigenvalue weighted by Crippen LogP contribution is 2.30. The molecule has 30 heavy (non-hydrogen) atoms. The Hall–Kier alpha value is -3.06. The zero-order chi connectivity index (χ0) is 20.9. The molecule has 7 heteroatoms. The third-order valence-electron chi connectivity index (χ3n) is 4.90. The Labute approximate surface area is 180 Å². The molecular formula is C23H25N5OS. The van der Waals surface area contributed by atoms with Crippen LogP contribution in [0.2, 0.25) is 0 Å². The summed E-state index contributed by atoms with van der Waals surface area (Å²) >= 11 is 1.52. The first kappa shape index (κ1) is 20.2. The maximum Gasteiger partial charge on any atom is 0.167 e. The number of nitrogens with zero attached hydrogens (tertiary/aromatic N) is 4. The average molecular weight is 420 g/mol. The molecule has 0 amide bonds. The minimum atomic E-state index is 0.718. The Morgan fingerprint density at radius 2 is 1.80 bits per heavy atom. The highest BCUT2D eigenvalue weighted by atomic mass is 32.2. The van der Waals surface area contributed by atoms with Crippen molar-refractivity contribution in [2.45, 2.75) is 38.1 Å². The van der Waals surface area contributed by atoms with E-state index >= 15 is 0 Å². The SMILES string of the molecule is CCCCn1c(-c2ccc(OC)cc2)nc2c(NSc3ccc(C)cc3)ncnc21. The Kier molecular flexibility index (Phi) is 6.18. The molecule has 0 atom stereocenters. The van der Waals surface area contributed by atoms with Crippen LogP contribution >= 0.6 is 11.9 Å². The highest BCUT2D eigenvalue weighted by Gasteiger charge is 2.17. The molecule has 0 aliphatic carbocycles. The van der Waals surface area contributed by atoms with Crippen LogP contribution in [-0.2, 0) is 6.54 Å². The first-order valence-electron chi connectivity index (χ1n) is 10.0. The lowest BCUT2D eigenvalue weighted by atomic mass is 10.2. The van der Waals surface area contributed by atoms with Crippen LogP contribution < -0.4 is 9.46 Å². The van der Waals surface area contributed by atoms with E-state index < -0.39 is 0 Å². The monoisotopic (exact) mass is 419 g/mol. The lowest BCUT2D eigenvalue weighted by Gasteiger charge is -2.09. The first-order valence-corrected chi connectivity index (χ1v) is 10.9. The van der Waals surface area contributed by atoms with E-state index in [1.165, 1.54) is 17.5 Å². The third kappa shape index (κ3) is 4.26. The van der Waals surface area contributed by atoms with Gasteiger partial charge in [-0.1, -0.05) is 31.0 Å². The third-order valence-corrected chi connectivity index (χ3v) is 5.71.